The van der Waals surface area contributed by atoms with Crippen molar-refractivity contribution < 1.29 is 18.3 Å². The summed E-state index contributed by atoms with van der Waals surface area (Å²) in [5.74, 6) is -1.04. The van der Waals surface area contributed by atoms with Crippen LogP contribution in [0.2, 0.25) is 0 Å². The molecule has 11 heavy (non-hydrogen) atoms. The largest absolute Gasteiger partial charge is 0.481 e. The fraction of sp³-hybridized carbons (Fsp3) is 0.833. The maximum atomic E-state index is 10.7. The Balaban J connectivity index is 2.08. The van der Waals surface area contributed by atoms with E-state index in [1.807, 2.05) is 0 Å². The van der Waals surface area contributed by atoms with Crippen molar-refractivity contribution in [1.82, 2.24) is 0 Å². The number of carboxylic acid groups (broad SMARTS) is 1. The third-order valence-electron chi connectivity index (χ3n) is 2.50. The molecule has 0 radical (unpaired) electrons. The number of carboxylic acids is 1. The number of hydrogen-bond acceptors (Lipinski definition) is 3. The molecule has 1 N–H and O–H groups in total. The molecule has 5 heteroatoms. The molecular formula is C6H8O4S. The molecule has 2 rings (SSSR count). The number of sulfone groups is 1. The molecule has 0 aromatic rings. The van der Waals surface area contributed by atoms with E-state index < -0.39 is 15.8 Å². The zero-order valence-electron chi connectivity index (χ0n) is 5.78. The molecule has 1 saturated carbocycles. The van der Waals surface area contributed by atoms with Crippen molar-refractivity contribution in [3.8, 4) is 0 Å². The molecule has 0 aromatic heterocycles. The zero-order valence-corrected chi connectivity index (χ0v) is 6.60. The minimum absolute atomic E-state index is 0.0942. The van der Waals surface area contributed by atoms with Crippen LogP contribution in [0.3, 0.4) is 0 Å². The molecule has 0 amide bonds. The standard InChI is InChI=1S/C6H8O4S/c7-5(8)4-1-6(4)2-11(9,10)3-6/h4H,1-3H2,(H,7,8). The Labute approximate surface area is 64.1 Å². The van der Waals surface area contributed by atoms with Crippen LogP contribution in [-0.4, -0.2) is 31.0 Å². The monoisotopic (exact) mass is 176 g/mol. The highest BCUT2D eigenvalue weighted by Gasteiger charge is 2.67. The van der Waals surface area contributed by atoms with Gasteiger partial charge >= 0.3 is 5.97 Å². The summed E-state index contributed by atoms with van der Waals surface area (Å²) < 4.78 is 21.4. The van der Waals surface area contributed by atoms with Gasteiger partial charge in [-0.3, -0.25) is 4.79 Å². The van der Waals surface area contributed by atoms with E-state index in [-0.39, 0.29) is 22.8 Å². The van der Waals surface area contributed by atoms with Gasteiger partial charge in [0, 0.05) is 5.41 Å². The van der Waals surface area contributed by atoms with Crippen LogP contribution in [0.1, 0.15) is 6.42 Å². The van der Waals surface area contributed by atoms with Gasteiger partial charge in [-0.2, -0.15) is 0 Å². The minimum Gasteiger partial charge on any atom is -0.481 e. The summed E-state index contributed by atoms with van der Waals surface area (Å²) in [6.07, 6.45) is 0.557. The van der Waals surface area contributed by atoms with Crippen LogP contribution < -0.4 is 0 Å². The predicted molar refractivity (Wildman–Crippen MR) is 36.8 cm³/mol. The molecule has 1 aliphatic carbocycles. The lowest BCUT2D eigenvalue weighted by Gasteiger charge is -2.25. The van der Waals surface area contributed by atoms with E-state index in [9.17, 15) is 13.2 Å². The lowest BCUT2D eigenvalue weighted by Crippen LogP contribution is -2.40. The summed E-state index contributed by atoms with van der Waals surface area (Å²) in [4.78, 5) is 10.4. The number of carbonyl (C=O) groups is 1. The maximum Gasteiger partial charge on any atom is 0.307 e. The molecule has 0 aromatic carbocycles. The first-order chi connectivity index (χ1) is 4.95. The van der Waals surface area contributed by atoms with Crippen LogP contribution in [0.25, 0.3) is 0 Å². The van der Waals surface area contributed by atoms with Gasteiger partial charge in [0.05, 0.1) is 17.4 Å². The maximum absolute atomic E-state index is 10.7. The van der Waals surface area contributed by atoms with Gasteiger partial charge in [0.1, 0.15) is 0 Å². The van der Waals surface area contributed by atoms with Crippen LogP contribution in [0.5, 0.6) is 0 Å². The lowest BCUT2D eigenvalue weighted by atomic mass is 10.1. The summed E-state index contributed by atoms with van der Waals surface area (Å²) in [7, 11) is -2.86. The first-order valence-corrected chi connectivity index (χ1v) is 5.21. The highest BCUT2D eigenvalue weighted by Crippen LogP contribution is 2.59. The second-order valence-corrected chi connectivity index (χ2v) is 5.55. The molecule has 4 nitrogen and oxygen atoms in total. The number of rotatable bonds is 1. The van der Waals surface area contributed by atoms with Gasteiger partial charge in [-0.1, -0.05) is 0 Å². The van der Waals surface area contributed by atoms with Crippen LogP contribution in [0.4, 0.5) is 0 Å². The molecule has 1 heterocycles. The van der Waals surface area contributed by atoms with E-state index >= 15 is 0 Å². The van der Waals surface area contributed by atoms with Gasteiger partial charge in [-0.15, -0.1) is 0 Å². The highest BCUT2D eigenvalue weighted by molar-refractivity contribution is 7.92. The summed E-state index contributed by atoms with van der Waals surface area (Å²) in [6, 6.07) is 0. The van der Waals surface area contributed by atoms with Crippen molar-refractivity contribution in [2.75, 3.05) is 11.5 Å². The average molecular weight is 176 g/mol. The third kappa shape index (κ3) is 0.870. The van der Waals surface area contributed by atoms with Gasteiger partial charge in [-0.05, 0) is 6.42 Å². The molecule has 1 spiro atoms. The van der Waals surface area contributed by atoms with Crippen LogP contribution in [0.15, 0.2) is 0 Å². The van der Waals surface area contributed by atoms with Crippen molar-refractivity contribution in [3.63, 3.8) is 0 Å². The Morgan fingerprint density at radius 2 is 2.00 bits per heavy atom. The first-order valence-electron chi connectivity index (χ1n) is 3.38. The predicted octanol–water partition coefficient (Wildman–Crippen LogP) is -0.494. The molecule has 0 bridgehead atoms. The first kappa shape index (κ1) is 7.09. The van der Waals surface area contributed by atoms with Crippen LogP contribution in [0, 0.1) is 11.3 Å². The van der Waals surface area contributed by atoms with Crippen LogP contribution in [-0.2, 0) is 14.6 Å². The molecular weight excluding hydrogens is 168 g/mol. The third-order valence-corrected chi connectivity index (χ3v) is 4.53. The van der Waals surface area contributed by atoms with Crippen molar-refractivity contribution in [2.24, 2.45) is 11.3 Å². The van der Waals surface area contributed by atoms with Crippen molar-refractivity contribution >= 4 is 15.8 Å². The lowest BCUT2D eigenvalue weighted by molar-refractivity contribution is -0.139. The van der Waals surface area contributed by atoms with Gasteiger partial charge in [0.25, 0.3) is 0 Å². The van der Waals surface area contributed by atoms with Crippen molar-refractivity contribution in [2.45, 2.75) is 6.42 Å². The summed E-state index contributed by atoms with van der Waals surface area (Å²) in [5, 5.41) is 8.53. The van der Waals surface area contributed by atoms with Crippen LogP contribution >= 0.6 is 0 Å². The molecule has 2 aliphatic rings. The Kier molecular flexibility index (Phi) is 1.03. The number of hydrogen-bond donors (Lipinski definition) is 1. The Morgan fingerprint density at radius 3 is 2.27 bits per heavy atom. The molecule has 2 fully saturated rings. The van der Waals surface area contributed by atoms with E-state index in [4.69, 9.17) is 5.11 Å². The Bertz CT molecular complexity index is 303. The quantitative estimate of drug-likeness (QED) is 0.585. The Morgan fingerprint density at radius 1 is 1.45 bits per heavy atom. The minimum atomic E-state index is -2.86. The molecule has 1 aliphatic heterocycles. The fourth-order valence-corrected chi connectivity index (χ4v) is 4.15. The van der Waals surface area contributed by atoms with E-state index in [2.05, 4.69) is 0 Å². The van der Waals surface area contributed by atoms with E-state index in [0.717, 1.165) is 0 Å². The summed E-state index contributed by atoms with van der Waals surface area (Å²) in [6.45, 7) is 0. The van der Waals surface area contributed by atoms with Gasteiger partial charge in [0.2, 0.25) is 0 Å². The summed E-state index contributed by atoms with van der Waals surface area (Å²) in [5.41, 5.74) is -0.343. The molecule has 1 atom stereocenters. The molecule has 1 unspecified atom stereocenters. The number of aliphatic carboxylic acids is 1. The fourth-order valence-electron chi connectivity index (χ4n) is 1.85. The topological polar surface area (TPSA) is 71.4 Å². The van der Waals surface area contributed by atoms with Crippen molar-refractivity contribution in [3.05, 3.63) is 0 Å². The second-order valence-electron chi connectivity index (χ2n) is 3.49. The second kappa shape index (κ2) is 1.60. The van der Waals surface area contributed by atoms with E-state index in [0.29, 0.717) is 6.42 Å². The average Bonchev–Trinajstić information content (AvgIpc) is 2.38. The van der Waals surface area contributed by atoms with Gasteiger partial charge in [0.15, 0.2) is 9.84 Å². The summed E-state index contributed by atoms with van der Waals surface area (Å²) >= 11 is 0. The van der Waals surface area contributed by atoms with Gasteiger partial charge in [-0.25, -0.2) is 8.42 Å². The Hall–Kier alpha value is -0.580. The van der Waals surface area contributed by atoms with E-state index in [1.54, 1.807) is 0 Å². The van der Waals surface area contributed by atoms with Crippen molar-refractivity contribution in [1.29, 1.82) is 0 Å². The van der Waals surface area contributed by atoms with Gasteiger partial charge < -0.3 is 5.11 Å². The zero-order chi connectivity index (χ0) is 8.28. The molecule has 1 saturated heterocycles. The highest BCUT2D eigenvalue weighted by atomic mass is 32.2. The SMILES string of the molecule is O=C(O)C1CC12CS(=O)(=O)C2. The smallest absolute Gasteiger partial charge is 0.307 e. The normalized spacial score (nSPS) is 36.2. The molecule has 62 valence electrons. The van der Waals surface area contributed by atoms with E-state index in [1.165, 1.54) is 0 Å².